The Morgan fingerprint density at radius 1 is 1.35 bits per heavy atom. The molecular formula is C22H34N4O4S. The zero-order valence-corrected chi connectivity index (χ0v) is 20.3. The number of allylic oxidation sites excluding steroid dienone is 2. The Bertz CT molecular complexity index is 875. The summed E-state index contributed by atoms with van der Waals surface area (Å²) in [7, 11) is 1.62. The Morgan fingerprint density at radius 3 is 2.55 bits per heavy atom. The predicted octanol–water partition coefficient (Wildman–Crippen LogP) is 3.84. The van der Waals surface area contributed by atoms with Crippen LogP contribution in [0.15, 0.2) is 16.3 Å². The van der Waals surface area contributed by atoms with Crippen molar-refractivity contribution >= 4 is 34.1 Å². The molecule has 9 heteroatoms. The molecule has 31 heavy (non-hydrogen) atoms. The number of carbonyl (C=O) groups excluding carboxylic acids is 1. The van der Waals surface area contributed by atoms with Gasteiger partial charge in [0.1, 0.15) is 10.6 Å². The average Bonchev–Trinajstić information content (AvgIpc) is 3.19. The van der Waals surface area contributed by atoms with E-state index in [-0.39, 0.29) is 28.8 Å². The number of methoxy groups -OCH3 is 1. The third-order valence-corrected chi connectivity index (χ3v) is 6.76. The van der Waals surface area contributed by atoms with Crippen LogP contribution in [0, 0.1) is 0 Å². The van der Waals surface area contributed by atoms with Crippen LogP contribution in [0.5, 0.6) is 0 Å². The number of hydrogen-bond acceptors (Lipinski definition) is 7. The summed E-state index contributed by atoms with van der Waals surface area (Å²) in [5, 5.41) is 13.2. The van der Waals surface area contributed by atoms with Gasteiger partial charge in [0.25, 0.3) is 5.91 Å². The van der Waals surface area contributed by atoms with E-state index in [2.05, 4.69) is 22.2 Å². The second kappa shape index (κ2) is 10.9. The molecule has 1 aliphatic heterocycles. The molecule has 2 atom stereocenters. The zero-order chi connectivity index (χ0) is 23.3. The van der Waals surface area contributed by atoms with Gasteiger partial charge in [0.15, 0.2) is 5.13 Å². The van der Waals surface area contributed by atoms with Crippen LogP contribution in [0.3, 0.4) is 0 Å². The topological polar surface area (TPSA) is 104 Å². The average molecular weight is 451 g/mol. The number of aromatic nitrogens is 1. The monoisotopic (exact) mass is 450 g/mol. The van der Waals surface area contributed by atoms with Gasteiger partial charge in [-0.05, 0) is 39.5 Å². The molecule has 0 bridgehead atoms. The number of hydrogen-bond donors (Lipinski definition) is 2. The highest BCUT2D eigenvalue weighted by atomic mass is 32.1. The fourth-order valence-corrected chi connectivity index (χ4v) is 4.52. The first-order valence-electron chi connectivity index (χ1n) is 10.6. The molecule has 1 fully saturated rings. The van der Waals surface area contributed by atoms with E-state index < -0.39 is 5.97 Å². The fourth-order valence-electron chi connectivity index (χ4n) is 3.42. The number of amides is 1. The van der Waals surface area contributed by atoms with E-state index in [1.54, 1.807) is 14.0 Å². The minimum atomic E-state index is -0.949. The van der Waals surface area contributed by atoms with E-state index >= 15 is 0 Å². The van der Waals surface area contributed by atoms with Crippen molar-refractivity contribution in [3.63, 3.8) is 0 Å². The normalized spacial score (nSPS) is 20.6. The number of rotatable bonds is 8. The summed E-state index contributed by atoms with van der Waals surface area (Å²) >= 11 is 1.19. The number of nitrogens with one attached hydrogen (secondary N) is 1. The number of anilines is 1. The lowest BCUT2D eigenvalue weighted by Gasteiger charge is -2.38. The van der Waals surface area contributed by atoms with Crippen LogP contribution in [0.25, 0.3) is 0 Å². The van der Waals surface area contributed by atoms with E-state index in [1.807, 2.05) is 32.6 Å². The molecule has 0 aliphatic carbocycles. The van der Waals surface area contributed by atoms with E-state index in [1.165, 1.54) is 11.3 Å². The van der Waals surface area contributed by atoms with Crippen LogP contribution in [-0.2, 0) is 9.53 Å². The molecular weight excluding hydrogens is 416 g/mol. The Labute approximate surface area is 188 Å². The number of aliphatic imine (C=N–C) groups is 1. The van der Waals surface area contributed by atoms with Crippen LogP contribution in [0.4, 0.5) is 5.13 Å². The summed E-state index contributed by atoms with van der Waals surface area (Å²) in [6, 6.07) is -0.154. The van der Waals surface area contributed by atoms with Crippen LogP contribution < -0.4 is 10.2 Å². The van der Waals surface area contributed by atoms with Gasteiger partial charge in [-0.2, -0.15) is 0 Å². The summed E-state index contributed by atoms with van der Waals surface area (Å²) in [6.07, 6.45) is 1.33. The summed E-state index contributed by atoms with van der Waals surface area (Å²) in [5.41, 5.74) is 3.05. The second-order valence-corrected chi connectivity index (χ2v) is 9.15. The fraction of sp³-hybridized carbons (Fsp3) is 0.636. The van der Waals surface area contributed by atoms with E-state index in [0.717, 1.165) is 17.7 Å². The quantitative estimate of drug-likeness (QED) is 0.583. The van der Waals surface area contributed by atoms with E-state index in [0.29, 0.717) is 36.0 Å². The molecule has 1 amide bonds. The number of thiazole rings is 1. The molecule has 0 spiro atoms. The van der Waals surface area contributed by atoms with Crippen LogP contribution in [0.2, 0.25) is 0 Å². The van der Waals surface area contributed by atoms with Gasteiger partial charge in [0.05, 0.1) is 17.8 Å². The number of aromatic carboxylic acids is 1. The maximum atomic E-state index is 12.7. The number of nitrogens with zero attached hydrogens (tertiary/aromatic N) is 3. The molecule has 2 rings (SSSR count). The molecule has 0 unspecified atom stereocenters. The van der Waals surface area contributed by atoms with Gasteiger partial charge in [-0.1, -0.05) is 37.7 Å². The van der Waals surface area contributed by atoms with Gasteiger partial charge < -0.3 is 20.1 Å². The molecule has 1 aliphatic rings. The molecule has 172 valence electrons. The smallest absolute Gasteiger partial charge is 0.347 e. The molecule has 8 nitrogen and oxygen atoms in total. The predicted molar refractivity (Wildman–Crippen MR) is 124 cm³/mol. The largest absolute Gasteiger partial charge is 0.477 e. The number of carboxylic acids is 1. The molecule has 2 heterocycles. The van der Waals surface area contributed by atoms with Crippen molar-refractivity contribution in [2.24, 2.45) is 4.99 Å². The Balaban J connectivity index is 2.11. The van der Waals surface area contributed by atoms with Crippen molar-refractivity contribution in [3.05, 3.63) is 21.8 Å². The Hall–Kier alpha value is -2.26. The molecule has 1 saturated heterocycles. The van der Waals surface area contributed by atoms with Gasteiger partial charge in [0.2, 0.25) is 0 Å². The van der Waals surface area contributed by atoms with Crippen molar-refractivity contribution in [3.8, 4) is 0 Å². The van der Waals surface area contributed by atoms with E-state index in [4.69, 9.17) is 4.74 Å². The van der Waals surface area contributed by atoms with Crippen molar-refractivity contribution in [1.82, 2.24) is 10.3 Å². The zero-order valence-electron chi connectivity index (χ0n) is 19.5. The minimum absolute atomic E-state index is 0.0299. The van der Waals surface area contributed by atoms with E-state index in [9.17, 15) is 14.7 Å². The van der Waals surface area contributed by atoms with Crippen molar-refractivity contribution in [2.45, 2.75) is 72.4 Å². The van der Waals surface area contributed by atoms with Crippen molar-refractivity contribution < 1.29 is 19.4 Å². The molecule has 1 aromatic rings. The summed E-state index contributed by atoms with van der Waals surface area (Å²) in [5.74, 6) is -1.12. The first-order chi connectivity index (χ1) is 14.6. The number of carbonyl (C=O) groups is 2. The molecule has 2 N–H and O–H groups in total. The highest BCUT2D eigenvalue weighted by molar-refractivity contribution is 7.17. The number of ether oxygens (including phenoxy) is 1. The highest BCUT2D eigenvalue weighted by Gasteiger charge is 2.33. The molecule has 1 aromatic heterocycles. The van der Waals surface area contributed by atoms with Crippen molar-refractivity contribution in [2.75, 3.05) is 25.1 Å². The summed E-state index contributed by atoms with van der Waals surface area (Å²) in [6.45, 7) is 12.8. The first kappa shape index (κ1) is 25.0. The molecule has 0 radical (unpaired) electrons. The lowest BCUT2D eigenvalue weighted by molar-refractivity contribution is -0.116. The molecule has 0 saturated carbocycles. The number of carboxylic acid groups (broad SMARTS) is 1. The summed E-state index contributed by atoms with van der Waals surface area (Å²) < 4.78 is 5.66. The SMILES string of the molecule is CC/C(C)=C(\C)N=C(C)C(=O)N[C@@H]1CCN(c2nc(C(C)C)c(C(=O)O)s2)C[C@@H]1OC. The van der Waals surface area contributed by atoms with Crippen LogP contribution >= 0.6 is 11.3 Å². The first-order valence-corrected chi connectivity index (χ1v) is 11.4. The van der Waals surface area contributed by atoms with Gasteiger partial charge in [-0.25, -0.2) is 9.78 Å². The van der Waals surface area contributed by atoms with Gasteiger partial charge in [0, 0.05) is 25.9 Å². The summed E-state index contributed by atoms with van der Waals surface area (Å²) in [4.78, 5) is 35.6. The highest BCUT2D eigenvalue weighted by Crippen LogP contribution is 2.32. The Morgan fingerprint density at radius 2 is 2.03 bits per heavy atom. The standard InChI is InChI=1S/C22H34N4O4S/c1-8-13(4)14(5)23-15(6)20(27)24-16-9-10-26(11-17(16)30-7)22-25-18(12(2)3)19(31-22)21(28)29/h12,16-17H,8-11H2,1-7H3,(H,24,27)(H,28,29)/b14-13+,23-15?/t16-,17+/m1/s1. The third kappa shape index (κ3) is 6.13. The third-order valence-electron chi connectivity index (χ3n) is 5.64. The lowest BCUT2D eigenvalue weighted by atomic mass is 10.0. The van der Waals surface area contributed by atoms with Crippen LogP contribution in [-0.4, -0.2) is 60.0 Å². The second-order valence-electron chi connectivity index (χ2n) is 8.18. The van der Waals surface area contributed by atoms with Gasteiger partial charge in [-0.3, -0.25) is 9.79 Å². The maximum absolute atomic E-state index is 12.7. The van der Waals surface area contributed by atoms with Gasteiger partial charge >= 0.3 is 5.97 Å². The Kier molecular flexibility index (Phi) is 8.76. The van der Waals surface area contributed by atoms with Gasteiger partial charge in [-0.15, -0.1) is 0 Å². The number of piperidine rings is 1. The molecule has 0 aromatic carbocycles. The maximum Gasteiger partial charge on any atom is 0.347 e. The lowest BCUT2D eigenvalue weighted by Crippen LogP contribution is -2.55. The van der Waals surface area contributed by atoms with Crippen molar-refractivity contribution in [1.29, 1.82) is 0 Å². The minimum Gasteiger partial charge on any atom is -0.477 e. The van der Waals surface area contributed by atoms with Crippen LogP contribution in [0.1, 0.15) is 75.7 Å².